The van der Waals surface area contributed by atoms with Crippen LogP contribution in [0.1, 0.15) is 63.2 Å². The zero-order valence-corrected chi connectivity index (χ0v) is 17.2. The molecule has 5 fully saturated rings. The smallest absolute Gasteiger partial charge is 0.231 e. The fourth-order valence-electron chi connectivity index (χ4n) is 7.22. The number of carbonyl (C=O) groups is 1. The van der Waals surface area contributed by atoms with E-state index >= 15 is 0 Å². The van der Waals surface area contributed by atoms with Gasteiger partial charge in [0.2, 0.25) is 17.6 Å². The van der Waals surface area contributed by atoms with Crippen molar-refractivity contribution in [2.24, 2.45) is 23.2 Å². The molecule has 2 aromatic rings. The molecule has 1 aliphatic heterocycles. The normalized spacial score (nSPS) is 35.0. The molecule has 0 unspecified atom stereocenters. The number of amides is 1. The van der Waals surface area contributed by atoms with E-state index < -0.39 is 0 Å². The van der Waals surface area contributed by atoms with E-state index in [1.54, 1.807) is 12.1 Å². The molecule has 30 heavy (non-hydrogen) atoms. The van der Waals surface area contributed by atoms with Crippen LogP contribution in [0.15, 0.2) is 28.8 Å². The van der Waals surface area contributed by atoms with Crippen LogP contribution in [0.4, 0.5) is 4.39 Å². The Morgan fingerprint density at radius 3 is 2.57 bits per heavy atom. The van der Waals surface area contributed by atoms with E-state index in [4.69, 9.17) is 4.52 Å². The first-order valence-corrected chi connectivity index (χ1v) is 11.5. The summed E-state index contributed by atoms with van der Waals surface area (Å²) in [5, 5.41) is 4.07. The van der Waals surface area contributed by atoms with Crippen LogP contribution < -0.4 is 0 Å². The maximum Gasteiger partial charge on any atom is 0.231 e. The number of hydrogen-bond donors (Lipinski definition) is 0. The lowest BCUT2D eigenvalue weighted by Gasteiger charge is -2.57. The summed E-state index contributed by atoms with van der Waals surface area (Å²) in [7, 11) is 0. The van der Waals surface area contributed by atoms with Gasteiger partial charge in [0.1, 0.15) is 5.82 Å². The first-order valence-electron chi connectivity index (χ1n) is 11.5. The van der Waals surface area contributed by atoms with Crippen molar-refractivity contribution in [1.82, 2.24) is 15.0 Å². The summed E-state index contributed by atoms with van der Waals surface area (Å²) < 4.78 is 19.1. The molecule has 1 saturated heterocycles. The Bertz CT molecular complexity index is 936. The third kappa shape index (κ3) is 3.07. The predicted octanol–water partition coefficient (Wildman–Crippen LogP) is 4.80. The summed E-state index contributed by atoms with van der Waals surface area (Å²) in [6, 6.07) is 6.24. The van der Waals surface area contributed by atoms with E-state index in [-0.39, 0.29) is 17.2 Å². The number of carbonyl (C=O) groups excluding carboxylic acids is 1. The van der Waals surface area contributed by atoms with Crippen molar-refractivity contribution < 1.29 is 13.7 Å². The van der Waals surface area contributed by atoms with Crippen molar-refractivity contribution in [1.29, 1.82) is 0 Å². The minimum atomic E-state index is -0.316. The zero-order chi connectivity index (χ0) is 20.3. The topological polar surface area (TPSA) is 59.2 Å². The number of rotatable bonds is 3. The monoisotopic (exact) mass is 409 g/mol. The van der Waals surface area contributed by atoms with Gasteiger partial charge in [-0.3, -0.25) is 4.79 Å². The van der Waals surface area contributed by atoms with Crippen LogP contribution in [0.5, 0.6) is 0 Å². The van der Waals surface area contributed by atoms with Crippen LogP contribution in [-0.4, -0.2) is 34.0 Å². The van der Waals surface area contributed by atoms with E-state index in [9.17, 15) is 9.18 Å². The highest BCUT2D eigenvalue weighted by atomic mass is 19.1. The number of hydrogen-bond acceptors (Lipinski definition) is 4. The van der Waals surface area contributed by atoms with Gasteiger partial charge in [-0.2, -0.15) is 4.98 Å². The largest absolute Gasteiger partial charge is 0.341 e. The van der Waals surface area contributed by atoms with Crippen LogP contribution in [0.3, 0.4) is 0 Å². The molecule has 0 radical (unpaired) electrons. The predicted molar refractivity (Wildman–Crippen MR) is 109 cm³/mol. The first-order chi connectivity index (χ1) is 14.6. The molecule has 1 amide bonds. The van der Waals surface area contributed by atoms with Gasteiger partial charge in [0.25, 0.3) is 0 Å². The average Bonchev–Trinajstić information content (AvgIpc) is 3.23. The summed E-state index contributed by atoms with van der Waals surface area (Å²) in [6.45, 7) is 1.49. The number of aromatic nitrogens is 2. The standard InChI is InChI=1S/C24H28FN3O2/c25-20-5-1-3-18(10-20)21-26-22(30-27-21)19-4-2-6-28(14-19)23(29)24-11-15-7-16(12-24)9-17(8-15)13-24/h1,3,5,10,15-17,19H,2,4,6-9,11-14H2/t15?,16?,17?,19-,24?/m0/s1. The highest BCUT2D eigenvalue weighted by Crippen LogP contribution is 2.60. The van der Waals surface area contributed by atoms with E-state index in [2.05, 4.69) is 15.0 Å². The second-order valence-electron chi connectivity index (χ2n) is 10.3. The SMILES string of the molecule is O=C(N1CCC[C@H](c2nc(-c3cccc(F)c3)no2)C1)C12CC3CC(CC(C3)C1)C2. The maximum absolute atomic E-state index is 13.7. The Morgan fingerprint density at radius 2 is 1.87 bits per heavy atom. The van der Waals surface area contributed by atoms with Crippen LogP contribution in [0, 0.1) is 29.0 Å². The number of halogens is 1. The van der Waals surface area contributed by atoms with E-state index in [1.807, 2.05) is 0 Å². The molecule has 6 heteroatoms. The van der Waals surface area contributed by atoms with Crippen LogP contribution in [0.2, 0.25) is 0 Å². The van der Waals surface area contributed by atoms with Gasteiger partial charge in [-0.05, 0) is 81.3 Å². The molecular formula is C24H28FN3O2. The second-order valence-corrected chi connectivity index (χ2v) is 10.3. The summed E-state index contributed by atoms with van der Waals surface area (Å²) in [5.41, 5.74) is 0.514. The first kappa shape index (κ1) is 18.5. The summed E-state index contributed by atoms with van der Waals surface area (Å²) in [4.78, 5) is 20.4. The Balaban J connectivity index is 1.20. The van der Waals surface area contributed by atoms with Crippen molar-refractivity contribution in [3.8, 4) is 11.4 Å². The number of nitrogens with zero attached hydrogens (tertiary/aromatic N) is 3. The van der Waals surface area contributed by atoms with E-state index in [1.165, 1.54) is 31.4 Å². The highest BCUT2D eigenvalue weighted by molar-refractivity contribution is 5.83. The van der Waals surface area contributed by atoms with Gasteiger partial charge >= 0.3 is 0 Å². The number of benzene rings is 1. The van der Waals surface area contributed by atoms with Gasteiger partial charge in [-0.25, -0.2) is 4.39 Å². The van der Waals surface area contributed by atoms with Gasteiger partial charge in [-0.15, -0.1) is 0 Å². The number of likely N-dealkylation sites (tertiary alicyclic amines) is 1. The third-order valence-electron chi connectivity index (χ3n) is 8.07. The lowest BCUT2D eigenvalue weighted by Crippen LogP contribution is -2.55. The fraction of sp³-hybridized carbons (Fsp3) is 0.625. The molecule has 1 atom stereocenters. The molecule has 4 aliphatic carbocycles. The summed E-state index contributed by atoms with van der Waals surface area (Å²) in [5.74, 6) is 3.42. The van der Waals surface area contributed by atoms with Crippen LogP contribution in [-0.2, 0) is 4.79 Å². The van der Waals surface area contributed by atoms with Gasteiger partial charge < -0.3 is 9.42 Å². The molecule has 5 aliphatic rings. The van der Waals surface area contributed by atoms with E-state index in [0.29, 0.717) is 29.7 Å². The van der Waals surface area contributed by atoms with Crippen molar-refractivity contribution in [3.05, 3.63) is 36.0 Å². The van der Waals surface area contributed by atoms with Crippen molar-refractivity contribution in [3.63, 3.8) is 0 Å². The summed E-state index contributed by atoms with van der Waals surface area (Å²) >= 11 is 0. The molecule has 2 heterocycles. The third-order valence-corrected chi connectivity index (χ3v) is 8.07. The maximum atomic E-state index is 13.7. The van der Waals surface area contributed by atoms with Gasteiger partial charge in [0.05, 0.1) is 11.3 Å². The zero-order valence-electron chi connectivity index (χ0n) is 17.2. The van der Waals surface area contributed by atoms with Crippen molar-refractivity contribution in [2.75, 3.05) is 13.1 Å². The number of piperidine rings is 1. The Hall–Kier alpha value is -2.24. The quantitative estimate of drug-likeness (QED) is 0.731. The van der Waals surface area contributed by atoms with Crippen LogP contribution >= 0.6 is 0 Å². The molecule has 1 aromatic carbocycles. The molecular weight excluding hydrogens is 381 g/mol. The minimum Gasteiger partial charge on any atom is -0.341 e. The molecule has 158 valence electrons. The Labute approximate surface area is 176 Å². The minimum absolute atomic E-state index is 0.0615. The van der Waals surface area contributed by atoms with Crippen molar-refractivity contribution in [2.45, 2.75) is 57.3 Å². The summed E-state index contributed by atoms with van der Waals surface area (Å²) in [6.07, 6.45) is 9.24. The van der Waals surface area contributed by atoms with Crippen LogP contribution in [0.25, 0.3) is 11.4 Å². The van der Waals surface area contributed by atoms with Gasteiger partial charge in [0, 0.05) is 18.7 Å². The second kappa shape index (κ2) is 6.89. The molecule has 7 rings (SSSR count). The highest BCUT2D eigenvalue weighted by Gasteiger charge is 2.55. The van der Waals surface area contributed by atoms with Gasteiger partial charge in [0.15, 0.2) is 0 Å². The lowest BCUT2D eigenvalue weighted by atomic mass is 9.49. The Kier molecular flexibility index (Phi) is 4.26. The molecule has 4 bridgehead atoms. The average molecular weight is 410 g/mol. The molecule has 5 nitrogen and oxygen atoms in total. The fourth-order valence-corrected chi connectivity index (χ4v) is 7.22. The molecule has 4 saturated carbocycles. The molecule has 0 spiro atoms. The lowest BCUT2D eigenvalue weighted by molar-refractivity contribution is -0.159. The van der Waals surface area contributed by atoms with Crippen molar-refractivity contribution >= 4 is 5.91 Å². The van der Waals surface area contributed by atoms with Gasteiger partial charge in [-0.1, -0.05) is 17.3 Å². The molecule has 1 aromatic heterocycles. The molecule has 0 N–H and O–H groups in total. The van der Waals surface area contributed by atoms with E-state index in [0.717, 1.165) is 56.4 Å². The Morgan fingerprint density at radius 1 is 1.13 bits per heavy atom.